The minimum atomic E-state index is -4.96. The van der Waals surface area contributed by atoms with Crippen molar-refractivity contribution in [2.45, 2.75) is 400 Å². The van der Waals surface area contributed by atoms with E-state index in [0.29, 0.717) is 25.7 Å². The molecule has 0 aromatic heterocycles. The third-order valence-electron chi connectivity index (χ3n) is 17.6. The lowest BCUT2D eigenvalue weighted by molar-refractivity contribution is -0.161. The van der Waals surface area contributed by atoms with E-state index < -0.39 is 97.5 Å². The van der Waals surface area contributed by atoms with Crippen molar-refractivity contribution in [2.75, 3.05) is 39.6 Å². The molecule has 0 aliphatic heterocycles. The Labute approximate surface area is 568 Å². The van der Waals surface area contributed by atoms with Gasteiger partial charge in [0, 0.05) is 25.7 Å². The molecule has 0 aromatic carbocycles. The first-order valence-corrected chi connectivity index (χ1v) is 41.5. The smallest absolute Gasteiger partial charge is 0.462 e. The van der Waals surface area contributed by atoms with Gasteiger partial charge in [-0.2, -0.15) is 0 Å². The second-order valence-corrected chi connectivity index (χ2v) is 30.3. The fourth-order valence-corrected chi connectivity index (χ4v) is 12.8. The summed E-state index contributed by atoms with van der Waals surface area (Å²) in [5.74, 6) is -0.562. The van der Waals surface area contributed by atoms with Crippen molar-refractivity contribution < 1.29 is 80.2 Å². The Balaban J connectivity index is 5.25. The van der Waals surface area contributed by atoms with Crippen LogP contribution in [-0.4, -0.2) is 96.7 Å². The molecule has 0 spiro atoms. The summed E-state index contributed by atoms with van der Waals surface area (Å²) >= 11 is 0. The van der Waals surface area contributed by atoms with Crippen molar-refractivity contribution in [3.8, 4) is 0 Å². The lowest BCUT2D eigenvalue weighted by Crippen LogP contribution is -2.30. The average Bonchev–Trinajstić information content (AvgIpc) is 2.52. The minimum Gasteiger partial charge on any atom is -0.462 e. The highest BCUT2D eigenvalue weighted by molar-refractivity contribution is 7.47. The van der Waals surface area contributed by atoms with Crippen molar-refractivity contribution in [3.63, 3.8) is 0 Å². The van der Waals surface area contributed by atoms with Crippen molar-refractivity contribution in [2.24, 2.45) is 11.8 Å². The number of carbonyl (C=O) groups excluding carboxylic acids is 4. The van der Waals surface area contributed by atoms with Crippen LogP contribution >= 0.6 is 15.6 Å². The number of unbranched alkanes of at least 4 members (excludes halogenated alkanes) is 42. The highest BCUT2D eigenvalue weighted by Gasteiger charge is 2.30. The third-order valence-corrected chi connectivity index (χ3v) is 19.5. The minimum absolute atomic E-state index is 0.105. The van der Waals surface area contributed by atoms with Gasteiger partial charge >= 0.3 is 39.5 Å². The van der Waals surface area contributed by atoms with Gasteiger partial charge in [-0.25, -0.2) is 9.13 Å². The molecule has 0 bridgehead atoms. The second-order valence-electron chi connectivity index (χ2n) is 27.4. The summed E-state index contributed by atoms with van der Waals surface area (Å²) in [4.78, 5) is 72.7. The number of esters is 4. The highest BCUT2D eigenvalue weighted by Crippen LogP contribution is 2.45. The molecule has 0 saturated heterocycles. The average molecular weight is 1370 g/mol. The molecule has 93 heavy (non-hydrogen) atoms. The maximum Gasteiger partial charge on any atom is 0.472 e. The number of carbonyl (C=O) groups is 4. The molecule has 0 aliphatic carbocycles. The van der Waals surface area contributed by atoms with Crippen LogP contribution in [0.25, 0.3) is 0 Å². The molecule has 19 heteroatoms. The van der Waals surface area contributed by atoms with Crippen LogP contribution in [-0.2, 0) is 65.4 Å². The van der Waals surface area contributed by atoms with Crippen LogP contribution in [0.3, 0.4) is 0 Å². The number of aliphatic hydroxyl groups excluding tert-OH is 1. The van der Waals surface area contributed by atoms with Crippen LogP contribution in [0, 0.1) is 11.8 Å². The molecule has 6 atom stereocenters. The maximum atomic E-state index is 13.1. The molecular formula is C74H144O17P2. The van der Waals surface area contributed by atoms with Gasteiger partial charge in [0.25, 0.3) is 0 Å². The summed E-state index contributed by atoms with van der Waals surface area (Å²) in [6, 6.07) is 0. The molecule has 0 amide bonds. The maximum absolute atomic E-state index is 13.1. The van der Waals surface area contributed by atoms with Crippen molar-refractivity contribution in [1.29, 1.82) is 0 Å². The Morgan fingerprint density at radius 2 is 0.548 bits per heavy atom. The van der Waals surface area contributed by atoms with Crippen LogP contribution in [0.5, 0.6) is 0 Å². The molecule has 17 nitrogen and oxygen atoms in total. The zero-order valence-corrected chi connectivity index (χ0v) is 62.3. The second kappa shape index (κ2) is 66.0. The zero-order valence-electron chi connectivity index (χ0n) is 60.6. The van der Waals surface area contributed by atoms with E-state index in [1.165, 1.54) is 199 Å². The van der Waals surface area contributed by atoms with Crippen molar-refractivity contribution in [3.05, 3.63) is 0 Å². The first-order valence-electron chi connectivity index (χ1n) is 38.5. The van der Waals surface area contributed by atoms with Crippen molar-refractivity contribution in [1.82, 2.24) is 0 Å². The van der Waals surface area contributed by atoms with Crippen LogP contribution in [0.15, 0.2) is 0 Å². The summed E-state index contributed by atoms with van der Waals surface area (Å²) in [5.41, 5.74) is 0. The Hall–Kier alpha value is -1.94. The van der Waals surface area contributed by atoms with Gasteiger partial charge in [0.1, 0.15) is 19.3 Å². The first kappa shape index (κ1) is 91.1. The molecular weight excluding hydrogens is 1220 g/mol. The predicted molar refractivity (Wildman–Crippen MR) is 377 cm³/mol. The molecule has 0 aliphatic rings. The fourth-order valence-electron chi connectivity index (χ4n) is 11.3. The van der Waals surface area contributed by atoms with Gasteiger partial charge in [0.2, 0.25) is 0 Å². The monoisotopic (exact) mass is 1370 g/mol. The van der Waals surface area contributed by atoms with Gasteiger partial charge in [-0.3, -0.25) is 37.3 Å². The van der Waals surface area contributed by atoms with Gasteiger partial charge in [-0.1, -0.05) is 330 Å². The summed E-state index contributed by atoms with van der Waals surface area (Å²) < 4.78 is 68.5. The standard InChI is InChI=1S/C74H144O17P2/c1-7-10-12-14-16-18-20-21-22-25-28-32-39-45-51-57-72(77)85-62-69(90-73(78)58-52-46-40-33-29-26-23-24-27-30-36-42-48-54-66(4)5)64-88-92(80,81)86-60-68(75)61-87-93(82,83)89-65-70(63-84-71(76)56-50-44-38-31-19-17-15-13-11-8-2)91-74(79)59-53-47-41-35-34-37-43-49-55-67(6)9-3/h66-70,75H,7-65H2,1-6H3,(H,80,81)(H,82,83)/t67?,68-,69-,70-/m1/s1. The van der Waals surface area contributed by atoms with Gasteiger partial charge in [0.15, 0.2) is 12.2 Å². The highest BCUT2D eigenvalue weighted by atomic mass is 31.2. The van der Waals surface area contributed by atoms with Crippen LogP contribution in [0.1, 0.15) is 382 Å². The molecule has 3 unspecified atom stereocenters. The van der Waals surface area contributed by atoms with E-state index in [0.717, 1.165) is 102 Å². The van der Waals surface area contributed by atoms with Crippen LogP contribution in [0.4, 0.5) is 0 Å². The lowest BCUT2D eigenvalue weighted by Gasteiger charge is -2.21. The van der Waals surface area contributed by atoms with Gasteiger partial charge in [-0.15, -0.1) is 0 Å². The van der Waals surface area contributed by atoms with E-state index in [1.54, 1.807) is 0 Å². The Morgan fingerprint density at radius 3 is 0.817 bits per heavy atom. The molecule has 0 aromatic rings. The Kier molecular flexibility index (Phi) is 64.6. The van der Waals surface area contributed by atoms with E-state index in [1.807, 2.05) is 0 Å². The van der Waals surface area contributed by atoms with E-state index >= 15 is 0 Å². The normalized spacial score (nSPS) is 14.3. The van der Waals surface area contributed by atoms with E-state index in [4.69, 9.17) is 37.0 Å². The Bertz CT molecular complexity index is 1810. The number of rotatable bonds is 73. The quantitative estimate of drug-likeness (QED) is 0.0222. The number of ether oxygens (including phenoxy) is 4. The van der Waals surface area contributed by atoms with E-state index in [9.17, 15) is 43.2 Å². The number of hydrogen-bond donors (Lipinski definition) is 3. The molecule has 0 fully saturated rings. The van der Waals surface area contributed by atoms with E-state index in [2.05, 4.69) is 41.5 Å². The summed E-state index contributed by atoms with van der Waals surface area (Å²) in [5, 5.41) is 10.6. The van der Waals surface area contributed by atoms with Crippen LogP contribution in [0.2, 0.25) is 0 Å². The van der Waals surface area contributed by atoms with Crippen LogP contribution < -0.4 is 0 Å². The summed E-state index contributed by atoms with van der Waals surface area (Å²) in [6.45, 7) is 9.59. The molecule has 552 valence electrons. The number of phosphoric ester groups is 2. The number of phosphoric acid groups is 2. The first-order chi connectivity index (χ1) is 44.9. The molecule has 3 N–H and O–H groups in total. The molecule has 0 saturated carbocycles. The largest absolute Gasteiger partial charge is 0.472 e. The van der Waals surface area contributed by atoms with E-state index in [-0.39, 0.29) is 25.7 Å². The number of hydrogen-bond acceptors (Lipinski definition) is 15. The SMILES string of the molecule is CCCCCCCCCCCCCCCCCC(=O)OC[C@H](COP(=O)(O)OC[C@@H](O)COP(=O)(O)OC[C@@H](COC(=O)CCCCCCCCCCCC)OC(=O)CCCCCCCCCCC(C)CC)OC(=O)CCCCCCCCCCCCCCCC(C)C. The predicted octanol–water partition coefficient (Wildman–Crippen LogP) is 21.6. The topological polar surface area (TPSA) is 237 Å². The van der Waals surface area contributed by atoms with Gasteiger partial charge < -0.3 is 33.8 Å². The summed E-state index contributed by atoms with van der Waals surface area (Å²) in [7, 11) is -9.91. The fraction of sp³-hybridized carbons (Fsp3) is 0.946. The molecule has 0 radical (unpaired) electrons. The Morgan fingerprint density at radius 1 is 0.312 bits per heavy atom. The molecule has 0 rings (SSSR count). The van der Waals surface area contributed by atoms with Gasteiger partial charge in [0.05, 0.1) is 26.4 Å². The number of aliphatic hydroxyl groups is 1. The lowest BCUT2D eigenvalue weighted by atomic mass is 9.99. The molecule has 0 heterocycles. The van der Waals surface area contributed by atoms with Crippen molar-refractivity contribution >= 4 is 39.5 Å². The van der Waals surface area contributed by atoms with Gasteiger partial charge in [-0.05, 0) is 37.5 Å². The zero-order chi connectivity index (χ0) is 68.6. The third kappa shape index (κ3) is 67.0. The summed E-state index contributed by atoms with van der Waals surface area (Å²) in [6.07, 6.45) is 52.5.